The SMILES string of the molecule is CCN(CC)C1CCN(c2ccc(Nc3nccc(-c4cc(F)c5nc(C)n(C6CCCC6)c5c4)n3)nc2)CC1.CS(=O)(=O)O. The molecule has 13 heteroatoms. The molecule has 1 aliphatic heterocycles. The summed E-state index contributed by atoms with van der Waals surface area (Å²) in [5.74, 6) is 1.65. The van der Waals surface area contributed by atoms with Crippen molar-refractivity contribution in [2.75, 3.05) is 42.7 Å². The third-order valence-electron chi connectivity index (χ3n) is 8.71. The number of rotatable bonds is 8. The first-order chi connectivity index (χ1) is 21.5. The molecule has 0 atom stereocenters. The highest BCUT2D eigenvalue weighted by Crippen LogP contribution is 2.36. The van der Waals surface area contributed by atoms with Crippen LogP contribution in [0.3, 0.4) is 0 Å². The van der Waals surface area contributed by atoms with Crippen LogP contribution in [-0.4, -0.2) is 80.9 Å². The minimum atomic E-state index is -3.67. The molecule has 0 amide bonds. The second-order valence-corrected chi connectivity index (χ2v) is 13.2. The third kappa shape index (κ3) is 8.13. The molecule has 2 N–H and O–H groups in total. The fraction of sp³-hybridized carbons (Fsp3) is 0.500. The van der Waals surface area contributed by atoms with Gasteiger partial charge in [-0.05, 0) is 76.0 Å². The number of halogens is 1. The maximum absolute atomic E-state index is 15.2. The average Bonchev–Trinajstić information content (AvgIpc) is 3.65. The standard InChI is InChI=1S/C31H39FN8.CH4O3S/c1-4-38(5-2)23-13-16-39(17-14-23)25-10-11-29(34-20-25)37-31-33-15-12-27(36-31)22-18-26(32)30-28(19-22)40(21(3)35-30)24-8-6-7-9-24;1-5(2,3)4/h10-12,15,18-20,23-24H,4-9,13-14,16-17H2,1-3H3,(H,33,34,36,37);1H3,(H,2,3,4). The molecule has 6 rings (SSSR count). The van der Waals surface area contributed by atoms with Crippen molar-refractivity contribution in [2.45, 2.75) is 71.4 Å². The predicted octanol–water partition coefficient (Wildman–Crippen LogP) is 6.01. The Bertz CT molecular complexity index is 1690. The lowest BCUT2D eigenvalue weighted by Crippen LogP contribution is -2.44. The number of fused-ring (bicyclic) bond motifs is 1. The average molecular weight is 639 g/mol. The molecule has 1 saturated carbocycles. The van der Waals surface area contributed by atoms with E-state index >= 15 is 4.39 Å². The van der Waals surface area contributed by atoms with Crippen LogP contribution >= 0.6 is 0 Å². The van der Waals surface area contributed by atoms with E-state index in [1.807, 2.05) is 31.3 Å². The van der Waals surface area contributed by atoms with Crippen LogP contribution in [0.1, 0.15) is 64.2 Å². The largest absolute Gasteiger partial charge is 0.370 e. The van der Waals surface area contributed by atoms with Crippen LogP contribution in [-0.2, 0) is 10.1 Å². The highest BCUT2D eigenvalue weighted by Gasteiger charge is 2.24. The zero-order valence-corrected chi connectivity index (χ0v) is 27.3. The van der Waals surface area contributed by atoms with E-state index in [0.717, 1.165) is 56.0 Å². The number of aryl methyl sites for hydroxylation is 1. The van der Waals surface area contributed by atoms with Crippen molar-refractivity contribution >= 4 is 38.6 Å². The van der Waals surface area contributed by atoms with E-state index in [9.17, 15) is 8.42 Å². The van der Waals surface area contributed by atoms with Gasteiger partial charge < -0.3 is 19.7 Å². The maximum Gasteiger partial charge on any atom is 0.261 e. The fourth-order valence-corrected chi connectivity index (χ4v) is 6.61. The number of nitrogens with one attached hydrogen (secondary N) is 1. The van der Waals surface area contributed by atoms with Gasteiger partial charge in [0.15, 0.2) is 5.82 Å². The van der Waals surface area contributed by atoms with Crippen LogP contribution in [0.15, 0.2) is 42.7 Å². The highest BCUT2D eigenvalue weighted by molar-refractivity contribution is 7.85. The van der Waals surface area contributed by atoms with Crippen molar-refractivity contribution in [3.8, 4) is 11.3 Å². The van der Waals surface area contributed by atoms with Gasteiger partial charge in [0, 0.05) is 36.9 Å². The second kappa shape index (κ2) is 14.2. The van der Waals surface area contributed by atoms with E-state index in [4.69, 9.17) is 9.54 Å². The van der Waals surface area contributed by atoms with Crippen LogP contribution in [0.5, 0.6) is 0 Å². The van der Waals surface area contributed by atoms with Crippen molar-refractivity contribution in [3.63, 3.8) is 0 Å². The Balaban J connectivity index is 0.000000743. The first kappa shape index (κ1) is 32.7. The van der Waals surface area contributed by atoms with Crippen molar-refractivity contribution < 1.29 is 17.4 Å². The Labute approximate surface area is 264 Å². The van der Waals surface area contributed by atoms with Crippen molar-refractivity contribution in [2.24, 2.45) is 0 Å². The Morgan fingerprint density at radius 1 is 1.02 bits per heavy atom. The number of piperidine rings is 1. The zero-order valence-electron chi connectivity index (χ0n) is 26.4. The molecule has 4 heterocycles. The van der Waals surface area contributed by atoms with Gasteiger partial charge in [0.2, 0.25) is 5.95 Å². The number of benzene rings is 1. The van der Waals surface area contributed by atoms with Gasteiger partial charge in [-0.25, -0.2) is 24.3 Å². The molecule has 1 aromatic carbocycles. The molecule has 4 aromatic rings. The lowest BCUT2D eigenvalue weighted by atomic mass is 10.0. The molecular weight excluding hydrogens is 595 g/mol. The van der Waals surface area contributed by atoms with E-state index in [2.05, 4.69) is 54.5 Å². The van der Waals surface area contributed by atoms with E-state index in [1.54, 1.807) is 6.20 Å². The minimum Gasteiger partial charge on any atom is -0.370 e. The molecule has 0 unspecified atom stereocenters. The normalized spacial score (nSPS) is 16.3. The van der Waals surface area contributed by atoms with Gasteiger partial charge in [-0.3, -0.25) is 4.55 Å². The van der Waals surface area contributed by atoms with Gasteiger partial charge in [-0.15, -0.1) is 0 Å². The highest BCUT2D eigenvalue weighted by atomic mass is 32.2. The van der Waals surface area contributed by atoms with Crippen LogP contribution in [0.25, 0.3) is 22.3 Å². The molecule has 1 saturated heterocycles. The molecule has 1 aliphatic carbocycles. The molecule has 2 fully saturated rings. The quantitative estimate of drug-likeness (QED) is 0.221. The summed E-state index contributed by atoms with van der Waals surface area (Å²) in [5, 5.41) is 3.22. The van der Waals surface area contributed by atoms with E-state index in [-0.39, 0.29) is 5.82 Å². The van der Waals surface area contributed by atoms with Gasteiger partial charge in [0.05, 0.1) is 29.4 Å². The summed E-state index contributed by atoms with van der Waals surface area (Å²) in [5.41, 5.74) is 3.78. The Morgan fingerprint density at radius 3 is 2.33 bits per heavy atom. The lowest BCUT2D eigenvalue weighted by molar-refractivity contribution is 0.186. The van der Waals surface area contributed by atoms with Gasteiger partial charge >= 0.3 is 0 Å². The van der Waals surface area contributed by atoms with Crippen LogP contribution < -0.4 is 10.2 Å². The first-order valence-electron chi connectivity index (χ1n) is 15.7. The summed E-state index contributed by atoms with van der Waals surface area (Å²) in [6, 6.07) is 10.5. The zero-order chi connectivity index (χ0) is 32.1. The first-order valence-corrected chi connectivity index (χ1v) is 17.5. The Kier molecular flexibility index (Phi) is 10.3. The summed E-state index contributed by atoms with van der Waals surface area (Å²) in [7, 11) is -3.67. The monoisotopic (exact) mass is 638 g/mol. The molecule has 0 bridgehead atoms. The Hall–Kier alpha value is -3.68. The summed E-state index contributed by atoms with van der Waals surface area (Å²) in [6.45, 7) is 10.8. The van der Waals surface area contributed by atoms with E-state index in [0.29, 0.717) is 46.9 Å². The topological polar surface area (TPSA) is 129 Å². The van der Waals surface area contributed by atoms with Crippen molar-refractivity contribution in [3.05, 3.63) is 54.4 Å². The van der Waals surface area contributed by atoms with Gasteiger partial charge in [0.25, 0.3) is 10.1 Å². The number of anilines is 3. The second-order valence-electron chi connectivity index (χ2n) is 11.8. The van der Waals surface area contributed by atoms with Crippen LogP contribution in [0.4, 0.5) is 21.8 Å². The third-order valence-corrected chi connectivity index (χ3v) is 8.71. The predicted molar refractivity (Wildman–Crippen MR) is 176 cm³/mol. The number of pyridine rings is 1. The fourth-order valence-electron chi connectivity index (χ4n) is 6.61. The summed E-state index contributed by atoms with van der Waals surface area (Å²) < 4.78 is 43.3. The number of nitrogens with zero attached hydrogens (tertiary/aromatic N) is 7. The van der Waals surface area contributed by atoms with Crippen LogP contribution in [0.2, 0.25) is 0 Å². The Morgan fingerprint density at radius 2 is 1.71 bits per heavy atom. The molecule has 45 heavy (non-hydrogen) atoms. The molecule has 2 aliphatic rings. The lowest BCUT2D eigenvalue weighted by Gasteiger charge is -2.38. The summed E-state index contributed by atoms with van der Waals surface area (Å²) >= 11 is 0. The van der Waals surface area contributed by atoms with Crippen molar-refractivity contribution in [1.82, 2.24) is 29.4 Å². The van der Waals surface area contributed by atoms with Crippen molar-refractivity contribution in [1.29, 1.82) is 0 Å². The molecule has 3 aromatic heterocycles. The molecular formula is C32H43FN8O3S. The minimum absolute atomic E-state index is 0.321. The number of aromatic nitrogens is 5. The summed E-state index contributed by atoms with van der Waals surface area (Å²) in [4.78, 5) is 23.3. The smallest absolute Gasteiger partial charge is 0.261 e. The number of hydrogen-bond donors (Lipinski definition) is 2. The van der Waals surface area contributed by atoms with E-state index < -0.39 is 10.1 Å². The van der Waals surface area contributed by atoms with E-state index in [1.165, 1.54) is 31.7 Å². The molecule has 0 spiro atoms. The number of imidazole rings is 1. The van der Waals surface area contributed by atoms with Crippen LogP contribution in [0, 0.1) is 12.7 Å². The molecule has 0 radical (unpaired) electrons. The molecule has 242 valence electrons. The summed E-state index contributed by atoms with van der Waals surface area (Å²) in [6.07, 6.45) is 11.3. The van der Waals surface area contributed by atoms with Gasteiger partial charge in [-0.1, -0.05) is 26.7 Å². The van der Waals surface area contributed by atoms with Gasteiger partial charge in [0.1, 0.15) is 17.2 Å². The maximum atomic E-state index is 15.2. The molecule has 11 nitrogen and oxygen atoms in total. The number of hydrogen-bond acceptors (Lipinski definition) is 9. The van der Waals surface area contributed by atoms with Gasteiger partial charge in [-0.2, -0.15) is 8.42 Å².